The molecule has 0 aliphatic heterocycles. The Balaban J connectivity index is 4.19. The number of nitrogens with two attached hydrogens (primary N) is 1. The zero-order valence-electron chi connectivity index (χ0n) is 11.0. The first-order valence-corrected chi connectivity index (χ1v) is 7.76. The quantitative estimate of drug-likeness (QED) is 0.623. The van der Waals surface area contributed by atoms with Crippen molar-refractivity contribution < 1.29 is 13.2 Å². The van der Waals surface area contributed by atoms with Crippen LogP contribution >= 0.6 is 0 Å². The average Bonchev–Trinajstić information content (AvgIpc) is 2.16. The minimum Gasteiger partial charge on any atom is -0.349 e. The number of nitrogens with one attached hydrogen (secondary N) is 1. The number of amides is 1. The van der Waals surface area contributed by atoms with Crippen LogP contribution in [0.25, 0.3) is 0 Å². The predicted octanol–water partition coefficient (Wildman–Crippen LogP) is 0.445. The summed E-state index contributed by atoms with van der Waals surface area (Å²) in [5.74, 6) is -0.839. The molecular weight excluding hydrogens is 240 g/mol. The van der Waals surface area contributed by atoms with Gasteiger partial charge in [0.15, 0.2) is 9.84 Å². The lowest BCUT2D eigenvalue weighted by atomic mass is 10.1. The molecule has 17 heavy (non-hydrogen) atoms. The first kappa shape index (κ1) is 16.4. The lowest BCUT2D eigenvalue weighted by Crippen LogP contribution is -2.50. The molecule has 0 radical (unpaired) electrons. The summed E-state index contributed by atoms with van der Waals surface area (Å²) in [5.41, 5.74) is 4.89. The molecule has 0 bridgehead atoms. The molecule has 0 saturated carbocycles. The highest BCUT2D eigenvalue weighted by Crippen LogP contribution is 2.02. The minimum atomic E-state index is -3.29. The molecule has 0 unspecified atom stereocenters. The molecule has 0 atom stereocenters. The van der Waals surface area contributed by atoms with Gasteiger partial charge in [-0.2, -0.15) is 0 Å². The van der Waals surface area contributed by atoms with E-state index in [1.807, 2.05) is 6.92 Å². The van der Waals surface area contributed by atoms with E-state index in [0.717, 1.165) is 12.8 Å². The third kappa shape index (κ3) is 8.15. The maximum Gasteiger partial charge on any atom is 0.235 e. The number of hydrogen-bond donors (Lipinski definition) is 2. The molecule has 6 heteroatoms. The Morgan fingerprint density at radius 1 is 1.29 bits per heavy atom. The van der Waals surface area contributed by atoms with Gasteiger partial charge in [0.1, 0.15) is 5.75 Å². The summed E-state index contributed by atoms with van der Waals surface area (Å²) >= 11 is 0. The highest BCUT2D eigenvalue weighted by atomic mass is 32.2. The van der Waals surface area contributed by atoms with Crippen molar-refractivity contribution in [1.82, 2.24) is 5.32 Å². The molecular formula is C11H24N2O3S. The molecule has 0 aromatic heterocycles. The highest BCUT2D eigenvalue weighted by molar-refractivity contribution is 7.92. The van der Waals surface area contributed by atoms with Crippen molar-refractivity contribution in [3.05, 3.63) is 0 Å². The molecule has 0 aromatic rings. The number of sulfone groups is 1. The van der Waals surface area contributed by atoms with E-state index in [1.165, 1.54) is 0 Å². The van der Waals surface area contributed by atoms with E-state index < -0.39 is 27.0 Å². The number of rotatable bonds is 8. The van der Waals surface area contributed by atoms with Crippen molar-refractivity contribution in [2.45, 2.75) is 45.6 Å². The Bertz CT molecular complexity index is 337. The van der Waals surface area contributed by atoms with Crippen molar-refractivity contribution in [2.24, 2.45) is 5.73 Å². The molecule has 0 aromatic carbocycles. The second-order valence-electron chi connectivity index (χ2n) is 4.94. The van der Waals surface area contributed by atoms with E-state index in [0.29, 0.717) is 6.42 Å². The topological polar surface area (TPSA) is 89.3 Å². The van der Waals surface area contributed by atoms with E-state index in [9.17, 15) is 13.2 Å². The van der Waals surface area contributed by atoms with Crippen LogP contribution in [0.5, 0.6) is 0 Å². The molecule has 0 heterocycles. The van der Waals surface area contributed by atoms with Gasteiger partial charge in [-0.3, -0.25) is 4.79 Å². The molecule has 5 nitrogen and oxygen atoms in total. The maximum atomic E-state index is 11.6. The smallest absolute Gasteiger partial charge is 0.235 e. The van der Waals surface area contributed by atoms with Crippen LogP contribution in [-0.2, 0) is 14.6 Å². The van der Waals surface area contributed by atoms with Gasteiger partial charge in [-0.05, 0) is 20.3 Å². The summed E-state index contributed by atoms with van der Waals surface area (Å²) in [6.45, 7) is 5.79. The molecule has 0 rings (SSSR count). The number of hydrogen-bond acceptors (Lipinski definition) is 4. The first-order chi connectivity index (χ1) is 7.72. The summed E-state index contributed by atoms with van der Waals surface area (Å²) < 4.78 is 23.2. The van der Waals surface area contributed by atoms with Gasteiger partial charge < -0.3 is 11.1 Å². The van der Waals surface area contributed by atoms with E-state index in [2.05, 4.69) is 5.32 Å². The fourth-order valence-electron chi connectivity index (χ4n) is 1.31. The number of carbonyl (C=O) groups is 1. The van der Waals surface area contributed by atoms with Crippen LogP contribution in [0.3, 0.4) is 0 Å². The molecule has 0 saturated heterocycles. The van der Waals surface area contributed by atoms with E-state index in [4.69, 9.17) is 5.73 Å². The Hall–Kier alpha value is -0.620. The standard InChI is InChI=1S/C11H24N2O3S/c1-4-5-6-7-17(15,16)8-10(14)13-11(2,3)9-12/h4-9,12H2,1-3H3,(H,13,14). The Morgan fingerprint density at radius 3 is 2.35 bits per heavy atom. The van der Waals surface area contributed by atoms with Crippen molar-refractivity contribution >= 4 is 15.7 Å². The normalized spacial score (nSPS) is 12.5. The second kappa shape index (κ2) is 6.96. The van der Waals surface area contributed by atoms with Crippen molar-refractivity contribution in [3.8, 4) is 0 Å². The van der Waals surface area contributed by atoms with Gasteiger partial charge in [-0.25, -0.2) is 8.42 Å². The molecule has 0 aliphatic rings. The van der Waals surface area contributed by atoms with Gasteiger partial charge in [0.25, 0.3) is 0 Å². The van der Waals surface area contributed by atoms with Gasteiger partial charge in [-0.15, -0.1) is 0 Å². The highest BCUT2D eigenvalue weighted by Gasteiger charge is 2.22. The van der Waals surface area contributed by atoms with E-state index >= 15 is 0 Å². The first-order valence-electron chi connectivity index (χ1n) is 5.94. The predicted molar refractivity (Wildman–Crippen MR) is 69.5 cm³/mol. The second-order valence-corrected chi connectivity index (χ2v) is 7.12. The van der Waals surface area contributed by atoms with Crippen LogP contribution in [0, 0.1) is 0 Å². The van der Waals surface area contributed by atoms with Crippen LogP contribution < -0.4 is 11.1 Å². The Morgan fingerprint density at radius 2 is 1.88 bits per heavy atom. The lowest BCUT2D eigenvalue weighted by Gasteiger charge is -2.24. The lowest BCUT2D eigenvalue weighted by molar-refractivity contribution is -0.120. The molecule has 0 spiro atoms. The van der Waals surface area contributed by atoms with Gasteiger partial charge in [-0.1, -0.05) is 19.8 Å². The third-order valence-electron chi connectivity index (χ3n) is 2.40. The van der Waals surface area contributed by atoms with Gasteiger partial charge >= 0.3 is 0 Å². The number of unbranched alkanes of at least 4 members (excludes halogenated alkanes) is 2. The van der Waals surface area contributed by atoms with Crippen LogP contribution in [0.15, 0.2) is 0 Å². The SMILES string of the molecule is CCCCCS(=O)(=O)CC(=O)NC(C)(C)CN. The van der Waals surface area contributed by atoms with Crippen LogP contribution in [0.1, 0.15) is 40.0 Å². The summed E-state index contributed by atoms with van der Waals surface area (Å²) in [6.07, 6.45) is 2.45. The summed E-state index contributed by atoms with van der Waals surface area (Å²) in [6, 6.07) is 0. The Labute approximate surface area is 104 Å². The average molecular weight is 264 g/mol. The van der Waals surface area contributed by atoms with E-state index in [-0.39, 0.29) is 12.3 Å². The van der Waals surface area contributed by atoms with Gasteiger partial charge in [0.05, 0.1) is 5.75 Å². The Kier molecular flexibility index (Phi) is 6.70. The summed E-state index contributed by atoms with van der Waals surface area (Å²) in [5, 5.41) is 2.61. The van der Waals surface area contributed by atoms with Crippen LogP contribution in [-0.4, -0.2) is 37.9 Å². The monoisotopic (exact) mass is 264 g/mol. The third-order valence-corrected chi connectivity index (χ3v) is 4.01. The molecule has 1 amide bonds. The molecule has 0 fully saturated rings. The minimum absolute atomic E-state index is 0.0807. The van der Waals surface area contributed by atoms with Crippen LogP contribution in [0.2, 0.25) is 0 Å². The fourth-order valence-corrected chi connectivity index (χ4v) is 2.57. The fraction of sp³-hybridized carbons (Fsp3) is 0.909. The van der Waals surface area contributed by atoms with Gasteiger partial charge in [0.2, 0.25) is 5.91 Å². The van der Waals surface area contributed by atoms with E-state index in [1.54, 1.807) is 13.8 Å². The maximum absolute atomic E-state index is 11.6. The van der Waals surface area contributed by atoms with Crippen molar-refractivity contribution in [2.75, 3.05) is 18.1 Å². The van der Waals surface area contributed by atoms with Gasteiger partial charge in [0, 0.05) is 12.1 Å². The molecule has 102 valence electrons. The largest absolute Gasteiger partial charge is 0.349 e. The number of carbonyl (C=O) groups excluding carboxylic acids is 1. The van der Waals surface area contributed by atoms with Crippen molar-refractivity contribution in [1.29, 1.82) is 0 Å². The van der Waals surface area contributed by atoms with Crippen LogP contribution in [0.4, 0.5) is 0 Å². The van der Waals surface area contributed by atoms with Crippen molar-refractivity contribution in [3.63, 3.8) is 0 Å². The molecule has 0 aliphatic carbocycles. The zero-order valence-corrected chi connectivity index (χ0v) is 11.8. The summed E-state index contributed by atoms with van der Waals surface area (Å²) in [7, 11) is -3.29. The zero-order chi connectivity index (χ0) is 13.5. The molecule has 3 N–H and O–H groups in total. The summed E-state index contributed by atoms with van der Waals surface area (Å²) in [4.78, 5) is 11.5.